The van der Waals surface area contributed by atoms with Gasteiger partial charge in [-0.15, -0.1) is 0 Å². The number of rotatable bonds is 10. The van der Waals surface area contributed by atoms with Crippen molar-refractivity contribution in [2.75, 3.05) is 26.4 Å². The molecule has 7 rings (SSSR count). The summed E-state index contributed by atoms with van der Waals surface area (Å²) in [6.07, 6.45) is 12.3. The molecule has 2 saturated carbocycles. The highest BCUT2D eigenvalue weighted by atomic mass is 16.5. The van der Waals surface area contributed by atoms with E-state index in [9.17, 15) is 10.2 Å². The first-order chi connectivity index (χ1) is 22.3. The van der Waals surface area contributed by atoms with Crippen molar-refractivity contribution < 1.29 is 19.7 Å². The maximum atomic E-state index is 9.56. The van der Waals surface area contributed by atoms with Crippen LogP contribution in [0.4, 0.5) is 0 Å². The molecule has 4 heteroatoms. The molecule has 2 N–H and O–H groups in total. The second-order valence-electron chi connectivity index (χ2n) is 13.2. The summed E-state index contributed by atoms with van der Waals surface area (Å²) >= 11 is 0. The molecule has 0 spiro atoms. The second kappa shape index (κ2) is 13.4. The minimum absolute atomic E-state index is 0.000646. The molecular formula is C41H46O4. The van der Waals surface area contributed by atoms with Crippen molar-refractivity contribution in [1.29, 1.82) is 0 Å². The van der Waals surface area contributed by atoms with Crippen LogP contribution < -0.4 is 9.47 Å². The van der Waals surface area contributed by atoms with Gasteiger partial charge in [0, 0.05) is 0 Å². The lowest BCUT2D eigenvalue weighted by Crippen LogP contribution is -2.32. The Morgan fingerprint density at radius 3 is 1.36 bits per heavy atom. The number of hydrogen-bond acceptors (Lipinski definition) is 4. The molecule has 0 aliphatic heterocycles. The van der Waals surface area contributed by atoms with Gasteiger partial charge in [0.25, 0.3) is 0 Å². The second-order valence-corrected chi connectivity index (χ2v) is 13.2. The molecule has 4 aromatic rings. The number of hydrogen-bond donors (Lipinski definition) is 2. The molecule has 3 aliphatic rings. The summed E-state index contributed by atoms with van der Waals surface area (Å²) in [7, 11) is 0. The molecule has 0 atom stereocenters. The molecule has 0 bridgehead atoms. The van der Waals surface area contributed by atoms with Crippen molar-refractivity contribution in [3.63, 3.8) is 0 Å². The van der Waals surface area contributed by atoms with Gasteiger partial charge in [0.05, 0.1) is 18.6 Å². The first-order valence-electron chi connectivity index (χ1n) is 17.2. The third-order valence-electron chi connectivity index (χ3n) is 10.6. The van der Waals surface area contributed by atoms with Gasteiger partial charge in [0.15, 0.2) is 0 Å². The van der Waals surface area contributed by atoms with Crippen molar-refractivity contribution >= 4 is 0 Å². The normalized spacial score (nSPS) is 17.9. The number of fused-ring (bicyclic) bond motifs is 3. The minimum Gasteiger partial charge on any atom is -0.491 e. The van der Waals surface area contributed by atoms with Gasteiger partial charge < -0.3 is 19.7 Å². The summed E-state index contributed by atoms with van der Waals surface area (Å²) in [5.74, 6) is 2.58. The summed E-state index contributed by atoms with van der Waals surface area (Å²) in [6.45, 7) is 0.587. The first-order valence-corrected chi connectivity index (χ1v) is 17.2. The Morgan fingerprint density at radius 1 is 0.511 bits per heavy atom. The van der Waals surface area contributed by atoms with Crippen molar-refractivity contribution in [3.05, 3.63) is 118 Å². The van der Waals surface area contributed by atoms with Crippen LogP contribution in [0.1, 0.15) is 109 Å². The molecule has 2 fully saturated rings. The summed E-state index contributed by atoms with van der Waals surface area (Å²) in [4.78, 5) is 0. The summed E-state index contributed by atoms with van der Waals surface area (Å²) in [6, 6.07) is 31.6. The minimum atomic E-state index is -0.502. The number of aliphatic hydroxyl groups is 2. The van der Waals surface area contributed by atoms with Gasteiger partial charge >= 0.3 is 0 Å². The van der Waals surface area contributed by atoms with Crippen molar-refractivity contribution in [2.24, 2.45) is 0 Å². The molecule has 4 nitrogen and oxygen atoms in total. The van der Waals surface area contributed by atoms with Gasteiger partial charge in [-0.3, -0.25) is 0 Å². The SMILES string of the molecule is OCCOc1ccc(C2(c3ccc(OCCO)cc3C3CCCCC3)c3ccccc3-c3ccccc32)c(C2CCCCC2)c1. The third-order valence-corrected chi connectivity index (χ3v) is 10.6. The van der Waals surface area contributed by atoms with E-state index in [2.05, 4.69) is 84.9 Å². The fourth-order valence-electron chi connectivity index (χ4n) is 8.73. The van der Waals surface area contributed by atoms with Crippen LogP contribution in [0, 0.1) is 0 Å². The van der Waals surface area contributed by atoms with Crippen molar-refractivity contribution in [1.82, 2.24) is 0 Å². The molecule has 234 valence electrons. The van der Waals surface area contributed by atoms with E-state index in [1.165, 1.54) is 109 Å². The zero-order valence-corrected chi connectivity index (χ0v) is 26.3. The molecule has 0 heterocycles. The Balaban J connectivity index is 1.55. The van der Waals surface area contributed by atoms with Crippen LogP contribution >= 0.6 is 0 Å². The Morgan fingerprint density at radius 2 is 0.933 bits per heavy atom. The van der Waals surface area contributed by atoms with Gasteiger partial charge in [-0.2, -0.15) is 0 Å². The van der Waals surface area contributed by atoms with E-state index in [1.807, 2.05) is 0 Å². The molecule has 0 unspecified atom stereocenters. The molecule has 0 saturated heterocycles. The average Bonchev–Trinajstić information content (AvgIpc) is 3.41. The summed E-state index contributed by atoms with van der Waals surface area (Å²) < 4.78 is 12.1. The van der Waals surface area contributed by atoms with Crippen LogP contribution in [0.3, 0.4) is 0 Å². The molecule has 0 aromatic heterocycles. The van der Waals surface area contributed by atoms with Crippen LogP contribution in [0.5, 0.6) is 11.5 Å². The van der Waals surface area contributed by atoms with E-state index in [4.69, 9.17) is 9.47 Å². The van der Waals surface area contributed by atoms with E-state index in [1.54, 1.807) is 0 Å². The summed E-state index contributed by atoms with van der Waals surface area (Å²) in [5.41, 5.74) is 10.3. The third kappa shape index (κ3) is 5.47. The number of benzene rings is 4. The standard InChI is InChI=1S/C41H46O4/c42-23-25-44-31-19-21-39(35(27-31)29-11-3-1-4-12-29)41(37-17-9-7-15-33(37)34-16-8-10-18-38(34)41)40-22-20-32(45-26-24-43)28-36(40)30-13-5-2-6-14-30/h7-10,15-22,27-30,42-43H,1-6,11-14,23-26H2. The fraction of sp³-hybridized carbons (Fsp3) is 0.415. The maximum absolute atomic E-state index is 9.56. The number of ether oxygens (including phenoxy) is 2. The topological polar surface area (TPSA) is 58.9 Å². The van der Waals surface area contributed by atoms with Gasteiger partial charge in [-0.05, 0) is 106 Å². The quantitative estimate of drug-likeness (QED) is 0.168. The van der Waals surface area contributed by atoms with Crippen LogP contribution in [0.25, 0.3) is 11.1 Å². The highest BCUT2D eigenvalue weighted by Crippen LogP contribution is 2.60. The molecule has 45 heavy (non-hydrogen) atoms. The Hall–Kier alpha value is -3.60. The summed E-state index contributed by atoms with van der Waals surface area (Å²) in [5, 5.41) is 19.1. The van der Waals surface area contributed by atoms with Crippen molar-refractivity contribution in [2.45, 2.75) is 81.5 Å². The van der Waals surface area contributed by atoms with Crippen LogP contribution in [0.15, 0.2) is 84.9 Å². The van der Waals surface area contributed by atoms with E-state index < -0.39 is 5.41 Å². The Kier molecular flexibility index (Phi) is 8.96. The Bertz CT molecular complexity index is 1490. The van der Waals surface area contributed by atoms with Crippen LogP contribution in [-0.2, 0) is 5.41 Å². The first kappa shape index (κ1) is 30.1. The van der Waals surface area contributed by atoms with Crippen LogP contribution in [-0.4, -0.2) is 36.6 Å². The molecule has 3 aliphatic carbocycles. The zero-order chi connectivity index (χ0) is 30.6. The smallest absolute Gasteiger partial charge is 0.119 e. The van der Waals surface area contributed by atoms with Gasteiger partial charge in [0.1, 0.15) is 24.7 Å². The predicted octanol–water partition coefficient (Wildman–Crippen LogP) is 8.89. The lowest BCUT2D eigenvalue weighted by molar-refractivity contribution is 0.201. The van der Waals surface area contributed by atoms with Crippen LogP contribution in [0.2, 0.25) is 0 Å². The molecule has 4 aromatic carbocycles. The Labute approximate surface area is 268 Å². The molecular weight excluding hydrogens is 556 g/mol. The van der Waals surface area contributed by atoms with E-state index in [-0.39, 0.29) is 13.2 Å². The lowest BCUT2D eigenvalue weighted by Gasteiger charge is -2.40. The average molecular weight is 603 g/mol. The van der Waals surface area contributed by atoms with Gasteiger partial charge in [-0.25, -0.2) is 0 Å². The largest absolute Gasteiger partial charge is 0.491 e. The maximum Gasteiger partial charge on any atom is 0.119 e. The van der Waals surface area contributed by atoms with E-state index in [0.29, 0.717) is 25.0 Å². The highest BCUT2D eigenvalue weighted by molar-refractivity contribution is 5.87. The van der Waals surface area contributed by atoms with Gasteiger partial charge in [0.2, 0.25) is 0 Å². The molecule has 0 radical (unpaired) electrons. The predicted molar refractivity (Wildman–Crippen MR) is 181 cm³/mol. The van der Waals surface area contributed by atoms with E-state index >= 15 is 0 Å². The van der Waals surface area contributed by atoms with Crippen molar-refractivity contribution in [3.8, 4) is 22.6 Å². The monoisotopic (exact) mass is 602 g/mol. The fourth-order valence-corrected chi connectivity index (χ4v) is 8.73. The number of aliphatic hydroxyl groups excluding tert-OH is 2. The lowest BCUT2D eigenvalue weighted by atomic mass is 9.62. The zero-order valence-electron chi connectivity index (χ0n) is 26.3. The van der Waals surface area contributed by atoms with E-state index in [0.717, 1.165) is 11.5 Å². The molecule has 0 amide bonds. The highest BCUT2D eigenvalue weighted by Gasteiger charge is 2.49. The van der Waals surface area contributed by atoms with Gasteiger partial charge in [-0.1, -0.05) is 99.2 Å².